The second kappa shape index (κ2) is 6.68. The van der Waals surface area contributed by atoms with Crippen LogP contribution in [0.4, 0.5) is 0 Å². The molecule has 0 spiro atoms. The van der Waals surface area contributed by atoms with E-state index in [1.807, 2.05) is 40.1 Å². The van der Waals surface area contributed by atoms with Crippen molar-refractivity contribution < 1.29 is 14.4 Å². The number of amidine groups is 1. The van der Waals surface area contributed by atoms with Gasteiger partial charge in [0.2, 0.25) is 6.10 Å². The number of carbonyl (C=O) groups is 1. The maximum atomic E-state index is 11.2. The molecule has 1 aromatic rings. The van der Waals surface area contributed by atoms with Crippen molar-refractivity contribution in [3.63, 3.8) is 0 Å². The molecule has 0 bridgehead atoms. The molecule has 0 saturated heterocycles. The molecule has 0 fully saturated rings. The summed E-state index contributed by atoms with van der Waals surface area (Å²) in [5.74, 6) is 0.447. The van der Waals surface area contributed by atoms with Crippen LogP contribution in [0.15, 0.2) is 23.4 Å². The van der Waals surface area contributed by atoms with E-state index in [-0.39, 0.29) is 6.10 Å². The minimum atomic E-state index is -0.739. The van der Waals surface area contributed by atoms with Gasteiger partial charge < -0.3 is 20.2 Å². The Balaban J connectivity index is 2.36. The topological polar surface area (TPSA) is 101 Å². The summed E-state index contributed by atoms with van der Waals surface area (Å²) in [5, 5.41) is 12.0. The maximum absolute atomic E-state index is 11.2. The first-order valence-electron chi connectivity index (χ1n) is 7.39. The van der Waals surface area contributed by atoms with Crippen molar-refractivity contribution in [3.05, 3.63) is 29.3 Å². The highest BCUT2D eigenvalue weighted by Gasteiger charge is 2.28. The maximum Gasteiger partial charge on any atom is 0.261 e. The van der Waals surface area contributed by atoms with Crippen LogP contribution in [0.1, 0.15) is 31.4 Å². The van der Waals surface area contributed by atoms with E-state index in [0.29, 0.717) is 23.7 Å². The van der Waals surface area contributed by atoms with Crippen LogP contribution in [-0.2, 0) is 9.63 Å². The normalized spacial score (nSPS) is 16.7. The van der Waals surface area contributed by atoms with Gasteiger partial charge in [-0.15, -0.1) is 0 Å². The third kappa shape index (κ3) is 3.80. The van der Waals surface area contributed by atoms with Gasteiger partial charge in [-0.2, -0.15) is 0 Å². The number of hydrogen-bond acceptors (Lipinski definition) is 5. The Kier molecular flexibility index (Phi) is 4.88. The van der Waals surface area contributed by atoms with Gasteiger partial charge in [-0.05, 0) is 26.0 Å². The fraction of sp³-hybridized carbons (Fsp3) is 0.438. The molecule has 7 nitrogen and oxygen atoms in total. The number of amides is 1. The van der Waals surface area contributed by atoms with Gasteiger partial charge >= 0.3 is 0 Å². The molecule has 0 saturated carbocycles. The van der Waals surface area contributed by atoms with Crippen LogP contribution in [0.2, 0.25) is 0 Å². The largest absolute Gasteiger partial charge is 0.490 e. The number of primary amides is 1. The standard InChI is InChI=1S/C16H22N4O3/c1-9(2)22-13-7-10(15(17)20(3)4)5-6-11(13)12-8-14(16(18)21)23-19-12/h5-7,9,14,17H,8H2,1-4H3,(H2,18,21). The monoisotopic (exact) mass is 318 g/mol. The summed E-state index contributed by atoms with van der Waals surface area (Å²) in [4.78, 5) is 18.0. The van der Waals surface area contributed by atoms with Crippen molar-refractivity contribution in [3.8, 4) is 5.75 Å². The fourth-order valence-corrected chi connectivity index (χ4v) is 2.21. The van der Waals surface area contributed by atoms with E-state index < -0.39 is 12.0 Å². The summed E-state index contributed by atoms with van der Waals surface area (Å²) in [6, 6.07) is 5.46. The summed E-state index contributed by atoms with van der Waals surface area (Å²) >= 11 is 0. The number of oxime groups is 1. The molecule has 2 rings (SSSR count). The second-order valence-electron chi connectivity index (χ2n) is 5.86. The molecule has 1 aliphatic heterocycles. The van der Waals surface area contributed by atoms with Crippen molar-refractivity contribution in [1.29, 1.82) is 5.41 Å². The number of rotatable bonds is 5. The summed E-state index contributed by atoms with van der Waals surface area (Å²) in [5.41, 5.74) is 7.35. The highest BCUT2D eigenvalue weighted by Crippen LogP contribution is 2.27. The molecule has 0 radical (unpaired) electrons. The SMILES string of the molecule is CC(C)Oc1cc(C(=N)N(C)C)ccc1C1=NOC(C(N)=O)C1. The third-order valence-electron chi connectivity index (χ3n) is 3.36. The molecule has 1 amide bonds. The molecule has 7 heteroatoms. The van der Waals surface area contributed by atoms with E-state index in [1.54, 1.807) is 11.0 Å². The first kappa shape index (κ1) is 16.8. The van der Waals surface area contributed by atoms with Crippen LogP contribution in [0.5, 0.6) is 5.75 Å². The quantitative estimate of drug-likeness (QED) is 0.632. The van der Waals surface area contributed by atoms with Crippen molar-refractivity contribution >= 4 is 17.5 Å². The van der Waals surface area contributed by atoms with E-state index in [2.05, 4.69) is 5.16 Å². The van der Waals surface area contributed by atoms with E-state index in [1.165, 1.54) is 0 Å². The van der Waals surface area contributed by atoms with E-state index in [4.69, 9.17) is 20.7 Å². The van der Waals surface area contributed by atoms with Crippen LogP contribution in [0.3, 0.4) is 0 Å². The second-order valence-corrected chi connectivity index (χ2v) is 5.86. The Morgan fingerprint density at radius 2 is 2.17 bits per heavy atom. The van der Waals surface area contributed by atoms with Crippen LogP contribution in [0.25, 0.3) is 0 Å². The van der Waals surface area contributed by atoms with Crippen LogP contribution < -0.4 is 10.5 Å². The van der Waals surface area contributed by atoms with E-state index in [0.717, 1.165) is 11.1 Å². The van der Waals surface area contributed by atoms with Crippen LogP contribution >= 0.6 is 0 Å². The number of carbonyl (C=O) groups excluding carboxylic acids is 1. The zero-order chi connectivity index (χ0) is 17.1. The number of nitrogens with zero attached hydrogens (tertiary/aromatic N) is 2. The summed E-state index contributed by atoms with van der Waals surface area (Å²) in [7, 11) is 3.62. The molecule has 0 aromatic heterocycles. The number of ether oxygens (including phenoxy) is 1. The van der Waals surface area contributed by atoms with Crippen molar-refractivity contribution in [1.82, 2.24) is 4.90 Å². The fourth-order valence-electron chi connectivity index (χ4n) is 2.21. The lowest BCUT2D eigenvalue weighted by atomic mass is 10.0. The van der Waals surface area contributed by atoms with Crippen LogP contribution in [0, 0.1) is 5.41 Å². The average Bonchev–Trinajstić information content (AvgIpc) is 2.95. The number of hydrogen-bond donors (Lipinski definition) is 2. The smallest absolute Gasteiger partial charge is 0.261 e. The molecule has 1 heterocycles. The third-order valence-corrected chi connectivity index (χ3v) is 3.36. The van der Waals surface area contributed by atoms with E-state index in [9.17, 15) is 4.79 Å². The lowest BCUT2D eigenvalue weighted by Crippen LogP contribution is -2.28. The van der Waals surface area contributed by atoms with Gasteiger partial charge in [0.1, 0.15) is 11.6 Å². The Hall–Kier alpha value is -2.57. The van der Waals surface area contributed by atoms with Gasteiger partial charge in [0.15, 0.2) is 0 Å². The molecule has 1 aliphatic rings. The first-order valence-corrected chi connectivity index (χ1v) is 7.39. The number of nitrogens with two attached hydrogens (primary N) is 1. The lowest BCUT2D eigenvalue weighted by molar-refractivity contribution is -0.127. The predicted molar refractivity (Wildman–Crippen MR) is 87.9 cm³/mol. The molecule has 0 aliphatic carbocycles. The van der Waals surface area contributed by atoms with Crippen molar-refractivity contribution in [2.45, 2.75) is 32.5 Å². The average molecular weight is 318 g/mol. The summed E-state index contributed by atoms with van der Waals surface area (Å²) < 4.78 is 5.86. The van der Waals surface area contributed by atoms with Gasteiger partial charge in [-0.1, -0.05) is 11.2 Å². The van der Waals surface area contributed by atoms with Gasteiger partial charge in [0.05, 0.1) is 11.8 Å². The Morgan fingerprint density at radius 3 is 2.70 bits per heavy atom. The molecule has 1 aromatic carbocycles. The van der Waals surface area contributed by atoms with E-state index >= 15 is 0 Å². The molecule has 124 valence electrons. The molecular weight excluding hydrogens is 296 g/mol. The van der Waals surface area contributed by atoms with Gasteiger partial charge in [-0.25, -0.2) is 0 Å². The number of benzene rings is 1. The number of nitrogens with one attached hydrogen (secondary N) is 1. The Bertz CT molecular complexity index is 653. The molecule has 3 N–H and O–H groups in total. The highest BCUT2D eigenvalue weighted by atomic mass is 16.6. The van der Waals surface area contributed by atoms with Gasteiger partial charge in [-0.3, -0.25) is 10.2 Å². The molecular formula is C16H22N4O3. The van der Waals surface area contributed by atoms with Gasteiger partial charge in [0.25, 0.3) is 5.91 Å². The highest BCUT2D eigenvalue weighted by molar-refractivity contribution is 6.07. The Labute approximate surface area is 135 Å². The predicted octanol–water partition coefficient (Wildman–Crippen LogP) is 1.34. The minimum absolute atomic E-state index is 0.0348. The zero-order valence-electron chi connectivity index (χ0n) is 13.8. The summed E-state index contributed by atoms with van der Waals surface area (Å²) in [6.07, 6.45) is -0.460. The first-order chi connectivity index (χ1) is 10.8. The molecule has 1 unspecified atom stereocenters. The summed E-state index contributed by atoms with van der Waals surface area (Å²) in [6.45, 7) is 3.85. The van der Waals surface area contributed by atoms with Crippen LogP contribution in [-0.4, -0.2) is 48.7 Å². The minimum Gasteiger partial charge on any atom is -0.490 e. The van der Waals surface area contributed by atoms with Gasteiger partial charge in [0, 0.05) is 31.6 Å². The lowest BCUT2D eigenvalue weighted by Gasteiger charge is -2.18. The molecule has 23 heavy (non-hydrogen) atoms. The van der Waals surface area contributed by atoms with Crippen molar-refractivity contribution in [2.24, 2.45) is 10.9 Å². The Morgan fingerprint density at radius 1 is 1.48 bits per heavy atom. The van der Waals surface area contributed by atoms with Crippen molar-refractivity contribution in [2.75, 3.05) is 14.1 Å². The molecule has 1 atom stereocenters. The zero-order valence-corrected chi connectivity index (χ0v) is 13.8.